The van der Waals surface area contributed by atoms with Gasteiger partial charge in [0.1, 0.15) is 5.60 Å². The molecule has 4 aliphatic rings. The van der Waals surface area contributed by atoms with Gasteiger partial charge in [-0.1, -0.05) is 34.1 Å². The van der Waals surface area contributed by atoms with Crippen LogP contribution < -0.4 is 0 Å². The van der Waals surface area contributed by atoms with Crippen LogP contribution in [0.3, 0.4) is 0 Å². The van der Waals surface area contributed by atoms with Gasteiger partial charge in [0.05, 0.1) is 23.9 Å². The average Bonchev–Trinajstić information content (AvgIpc) is 3.13. The first-order chi connectivity index (χ1) is 16.6. The maximum Gasteiger partial charge on any atom is 0.303 e. The third-order valence-corrected chi connectivity index (χ3v) is 12.3. The molecule has 4 N–H and O–H groups in total. The Labute approximate surface area is 218 Å². The van der Waals surface area contributed by atoms with Gasteiger partial charge in [-0.2, -0.15) is 0 Å². The van der Waals surface area contributed by atoms with Crippen LogP contribution in [0.5, 0.6) is 0 Å². The number of aliphatic hydroxyl groups is 4. The fourth-order valence-electron chi connectivity index (χ4n) is 9.72. The van der Waals surface area contributed by atoms with Gasteiger partial charge in [0.15, 0.2) is 0 Å². The number of carbonyl (C=O) groups excluding carboxylic acids is 1. The van der Waals surface area contributed by atoms with E-state index in [2.05, 4.69) is 27.7 Å². The lowest BCUT2D eigenvalue weighted by molar-refractivity contribution is -0.275. The lowest BCUT2D eigenvalue weighted by Crippen LogP contribution is -2.70. The van der Waals surface area contributed by atoms with Crippen molar-refractivity contribution in [3.63, 3.8) is 0 Å². The highest BCUT2D eigenvalue weighted by atomic mass is 16.6. The predicted octanol–water partition coefficient (Wildman–Crippen LogP) is 4.46. The van der Waals surface area contributed by atoms with Gasteiger partial charge in [-0.3, -0.25) is 4.79 Å². The van der Waals surface area contributed by atoms with E-state index < -0.39 is 34.9 Å². The van der Waals surface area contributed by atoms with Crippen LogP contribution in [0.15, 0.2) is 0 Å². The fourth-order valence-corrected chi connectivity index (χ4v) is 9.72. The van der Waals surface area contributed by atoms with Crippen molar-refractivity contribution in [3.05, 3.63) is 0 Å². The zero-order chi connectivity index (χ0) is 26.8. The number of hydrogen-bond acceptors (Lipinski definition) is 6. The molecule has 5 unspecified atom stereocenters. The zero-order valence-electron chi connectivity index (χ0n) is 23.7. The van der Waals surface area contributed by atoms with E-state index in [1.807, 2.05) is 13.8 Å². The second-order valence-electron chi connectivity index (χ2n) is 14.3. The lowest BCUT2D eigenvalue weighted by atomic mass is 9.41. The summed E-state index contributed by atoms with van der Waals surface area (Å²) in [6.07, 6.45) is 5.08. The van der Waals surface area contributed by atoms with Crippen LogP contribution in [0.2, 0.25) is 0 Å². The quantitative estimate of drug-likeness (QED) is 0.395. The molecule has 6 nitrogen and oxygen atoms in total. The predicted molar refractivity (Wildman–Crippen MR) is 139 cm³/mol. The number of rotatable bonds is 6. The summed E-state index contributed by atoms with van der Waals surface area (Å²) in [6, 6.07) is 0. The Balaban J connectivity index is 1.51. The van der Waals surface area contributed by atoms with Crippen LogP contribution in [-0.4, -0.2) is 55.9 Å². The summed E-state index contributed by atoms with van der Waals surface area (Å²) in [5, 5.41) is 45.0. The molecule has 0 spiro atoms. The van der Waals surface area contributed by atoms with E-state index in [9.17, 15) is 25.2 Å². The van der Waals surface area contributed by atoms with E-state index in [0.29, 0.717) is 43.4 Å². The van der Waals surface area contributed by atoms with E-state index in [4.69, 9.17) is 4.74 Å². The van der Waals surface area contributed by atoms with Gasteiger partial charge in [-0.05, 0) is 99.7 Å². The lowest BCUT2D eigenvalue weighted by Gasteiger charge is -2.66. The molecular formula is C30H52O6. The van der Waals surface area contributed by atoms with Crippen LogP contribution in [-0.2, 0) is 9.53 Å². The number of esters is 1. The second kappa shape index (κ2) is 9.50. The van der Waals surface area contributed by atoms with Gasteiger partial charge in [0.2, 0.25) is 0 Å². The molecular weight excluding hydrogens is 456 g/mol. The molecule has 0 aromatic rings. The molecule has 0 aliphatic heterocycles. The fraction of sp³-hybridized carbons (Fsp3) is 0.967. The summed E-state index contributed by atoms with van der Waals surface area (Å²) in [7, 11) is 0. The summed E-state index contributed by atoms with van der Waals surface area (Å²) < 4.78 is 5.58. The van der Waals surface area contributed by atoms with Crippen molar-refractivity contribution in [1.82, 2.24) is 0 Å². The number of aliphatic hydroxyl groups excluding tert-OH is 3. The number of hydrogen-bond donors (Lipinski definition) is 4. The molecule has 6 heteroatoms. The van der Waals surface area contributed by atoms with E-state index in [-0.39, 0.29) is 35.6 Å². The Morgan fingerprint density at radius 3 is 2.31 bits per heavy atom. The molecule has 208 valence electrons. The smallest absolute Gasteiger partial charge is 0.303 e. The van der Waals surface area contributed by atoms with E-state index >= 15 is 0 Å². The highest BCUT2D eigenvalue weighted by Crippen LogP contribution is 2.69. The Morgan fingerprint density at radius 1 is 1.00 bits per heavy atom. The van der Waals surface area contributed by atoms with Gasteiger partial charge >= 0.3 is 5.97 Å². The summed E-state index contributed by atoms with van der Waals surface area (Å²) in [6.45, 7) is 14.3. The minimum atomic E-state index is -1.28. The monoisotopic (exact) mass is 508 g/mol. The van der Waals surface area contributed by atoms with Crippen molar-refractivity contribution < 1.29 is 30.0 Å². The van der Waals surface area contributed by atoms with Gasteiger partial charge in [-0.25, -0.2) is 0 Å². The van der Waals surface area contributed by atoms with Crippen molar-refractivity contribution >= 4 is 5.97 Å². The standard InChI is InChI=1S/C30H52O6/c1-17(8-9-18(2)27(4,5)36-19(3)31)22-10-11-23-21-14-26(34)30(35)16-20(32)12-13-28(30,6)24(21)15-25(33)29(22,23)7/h17-18,20-26,32-35H,8-16H2,1-7H3/t17-,18+,20+,21+,22?,23?,24?,25-,26-,28?,29?,30+/m1/s1. The molecule has 0 aromatic heterocycles. The Kier molecular flexibility index (Phi) is 7.47. The third-order valence-electron chi connectivity index (χ3n) is 12.3. The highest BCUT2D eigenvalue weighted by molar-refractivity contribution is 5.66. The van der Waals surface area contributed by atoms with Crippen LogP contribution >= 0.6 is 0 Å². The van der Waals surface area contributed by atoms with E-state index in [1.54, 1.807) is 0 Å². The summed E-state index contributed by atoms with van der Waals surface area (Å²) in [4.78, 5) is 11.5. The second-order valence-corrected chi connectivity index (χ2v) is 14.3. The van der Waals surface area contributed by atoms with Crippen molar-refractivity contribution in [2.24, 2.45) is 46.3 Å². The minimum Gasteiger partial charge on any atom is -0.460 e. The molecule has 0 aromatic carbocycles. The first-order valence-corrected chi connectivity index (χ1v) is 14.5. The molecule has 0 heterocycles. The average molecular weight is 509 g/mol. The first kappa shape index (κ1) is 28.3. The van der Waals surface area contributed by atoms with Crippen molar-refractivity contribution in [2.75, 3.05) is 0 Å². The zero-order valence-corrected chi connectivity index (χ0v) is 23.7. The van der Waals surface area contributed by atoms with Crippen molar-refractivity contribution in [2.45, 2.75) is 136 Å². The molecule has 4 rings (SSSR count). The Hall–Kier alpha value is -0.690. The summed E-state index contributed by atoms with van der Waals surface area (Å²) in [5.41, 5.74) is -2.47. The largest absolute Gasteiger partial charge is 0.460 e. The molecule has 36 heavy (non-hydrogen) atoms. The van der Waals surface area contributed by atoms with Crippen LogP contribution in [0.4, 0.5) is 0 Å². The number of ether oxygens (including phenoxy) is 1. The molecule has 4 fully saturated rings. The van der Waals surface area contributed by atoms with Gasteiger partial charge in [0.25, 0.3) is 0 Å². The van der Waals surface area contributed by atoms with E-state index in [0.717, 1.165) is 25.7 Å². The van der Waals surface area contributed by atoms with Gasteiger partial charge in [-0.15, -0.1) is 0 Å². The molecule has 12 atom stereocenters. The van der Waals surface area contributed by atoms with Gasteiger partial charge in [0, 0.05) is 18.8 Å². The van der Waals surface area contributed by atoms with Crippen LogP contribution in [0, 0.1) is 46.3 Å². The topological polar surface area (TPSA) is 107 Å². The normalized spacial score (nSPS) is 48.4. The molecule has 4 saturated carbocycles. The first-order valence-electron chi connectivity index (χ1n) is 14.5. The van der Waals surface area contributed by atoms with Crippen molar-refractivity contribution in [3.8, 4) is 0 Å². The molecule has 0 bridgehead atoms. The number of fused-ring (bicyclic) bond motifs is 5. The molecule has 4 aliphatic carbocycles. The summed E-state index contributed by atoms with van der Waals surface area (Å²) >= 11 is 0. The van der Waals surface area contributed by atoms with Crippen LogP contribution in [0.25, 0.3) is 0 Å². The minimum absolute atomic E-state index is 0.157. The Bertz CT molecular complexity index is 828. The molecule has 0 saturated heterocycles. The van der Waals surface area contributed by atoms with E-state index in [1.165, 1.54) is 6.92 Å². The van der Waals surface area contributed by atoms with Crippen LogP contribution in [0.1, 0.15) is 106 Å². The SMILES string of the molecule is CC(=O)OC(C)(C)[C@@H](C)CC[C@@H](C)C1CCC2[C@@H]3C[C@@H](O)[C@@]4(O)C[C@@H](O)CCC4(C)C3C[C@@H](O)C21C. The summed E-state index contributed by atoms with van der Waals surface area (Å²) in [5.74, 6) is 1.61. The maximum absolute atomic E-state index is 11.8. The van der Waals surface area contributed by atoms with Crippen molar-refractivity contribution in [1.29, 1.82) is 0 Å². The molecule has 0 amide bonds. The number of carbonyl (C=O) groups is 1. The highest BCUT2D eigenvalue weighted by Gasteiger charge is 2.69. The maximum atomic E-state index is 11.8. The third kappa shape index (κ3) is 4.26. The molecule has 0 radical (unpaired) electrons. The Morgan fingerprint density at radius 2 is 1.67 bits per heavy atom. The van der Waals surface area contributed by atoms with Gasteiger partial charge < -0.3 is 25.2 Å².